The molecule has 20 heavy (non-hydrogen) atoms. The highest BCUT2D eigenvalue weighted by Crippen LogP contribution is 2.30. The van der Waals surface area contributed by atoms with Gasteiger partial charge in [0.25, 0.3) is 0 Å². The third kappa shape index (κ3) is 2.44. The fourth-order valence-electron chi connectivity index (χ4n) is 3.05. The molecule has 1 aromatic heterocycles. The van der Waals surface area contributed by atoms with E-state index in [2.05, 4.69) is 28.5 Å². The molecule has 2 aromatic rings. The van der Waals surface area contributed by atoms with Crippen molar-refractivity contribution in [2.75, 3.05) is 5.32 Å². The van der Waals surface area contributed by atoms with Crippen molar-refractivity contribution >= 4 is 16.6 Å². The minimum atomic E-state index is 0.391. The number of rotatable bonds is 2. The average molecular weight is 266 g/mol. The first-order chi connectivity index (χ1) is 9.78. The molecule has 0 aliphatic heterocycles. The molecule has 4 heteroatoms. The van der Waals surface area contributed by atoms with Gasteiger partial charge in [0.05, 0.1) is 11.2 Å². The molecule has 1 aliphatic carbocycles. The van der Waals surface area contributed by atoms with Crippen LogP contribution in [-0.2, 0) is 0 Å². The van der Waals surface area contributed by atoms with Gasteiger partial charge in [0.1, 0.15) is 6.07 Å². The van der Waals surface area contributed by atoms with E-state index in [1.165, 1.54) is 12.8 Å². The zero-order valence-electron chi connectivity index (χ0n) is 11.6. The van der Waals surface area contributed by atoms with Crippen molar-refractivity contribution in [3.8, 4) is 6.07 Å². The molecule has 0 radical (unpaired) electrons. The van der Waals surface area contributed by atoms with E-state index < -0.39 is 0 Å². The Balaban J connectivity index is 1.98. The van der Waals surface area contributed by atoms with Crippen LogP contribution in [-0.4, -0.2) is 16.2 Å². The van der Waals surface area contributed by atoms with E-state index in [9.17, 15) is 5.26 Å². The number of nitrogens with zero attached hydrogens (tertiary/aromatic N) is 3. The molecule has 0 saturated heterocycles. The molecular formula is C16H18N4. The molecule has 3 rings (SSSR count). The minimum absolute atomic E-state index is 0.391. The van der Waals surface area contributed by atoms with Crippen LogP contribution in [0.15, 0.2) is 24.3 Å². The summed E-state index contributed by atoms with van der Waals surface area (Å²) in [6.45, 7) is 2.29. The maximum Gasteiger partial charge on any atom is 0.186 e. The number of nitrogens with one attached hydrogen (secondary N) is 1. The molecule has 4 nitrogen and oxygen atoms in total. The molecule has 2 atom stereocenters. The molecule has 0 amide bonds. The van der Waals surface area contributed by atoms with Gasteiger partial charge in [-0.3, -0.25) is 0 Å². The largest absolute Gasteiger partial charge is 0.379 e. The van der Waals surface area contributed by atoms with Crippen LogP contribution in [0, 0.1) is 17.2 Å². The third-order valence-electron chi connectivity index (χ3n) is 4.06. The number of benzene rings is 1. The first-order valence-corrected chi connectivity index (χ1v) is 7.20. The Morgan fingerprint density at radius 3 is 2.90 bits per heavy atom. The summed E-state index contributed by atoms with van der Waals surface area (Å²) in [4.78, 5) is 0. The Kier molecular flexibility index (Phi) is 3.51. The lowest BCUT2D eigenvalue weighted by atomic mass is 9.87. The Morgan fingerprint density at radius 2 is 2.10 bits per heavy atom. The predicted octanol–water partition coefficient (Wildman–Crippen LogP) is 3.49. The van der Waals surface area contributed by atoms with E-state index in [1.807, 2.05) is 24.3 Å². The fraction of sp³-hybridized carbons (Fsp3) is 0.438. The summed E-state index contributed by atoms with van der Waals surface area (Å²) in [5, 5.41) is 21.9. The van der Waals surface area contributed by atoms with Crippen molar-refractivity contribution in [1.29, 1.82) is 5.26 Å². The quantitative estimate of drug-likeness (QED) is 0.903. The van der Waals surface area contributed by atoms with Crippen LogP contribution in [0.4, 0.5) is 5.69 Å². The van der Waals surface area contributed by atoms with E-state index in [1.54, 1.807) is 0 Å². The first kappa shape index (κ1) is 12.9. The van der Waals surface area contributed by atoms with Gasteiger partial charge in [0, 0.05) is 11.4 Å². The van der Waals surface area contributed by atoms with Crippen LogP contribution in [0.3, 0.4) is 0 Å². The predicted molar refractivity (Wildman–Crippen MR) is 79.3 cm³/mol. The molecule has 1 N–H and O–H groups in total. The molecule has 1 aromatic carbocycles. The molecule has 1 aliphatic rings. The number of aromatic nitrogens is 2. The van der Waals surface area contributed by atoms with Crippen molar-refractivity contribution in [3.63, 3.8) is 0 Å². The topological polar surface area (TPSA) is 61.6 Å². The van der Waals surface area contributed by atoms with E-state index in [0.717, 1.165) is 35.3 Å². The van der Waals surface area contributed by atoms with Crippen molar-refractivity contribution in [1.82, 2.24) is 10.2 Å². The Labute approximate surface area is 118 Å². The minimum Gasteiger partial charge on any atom is -0.379 e. The highest BCUT2D eigenvalue weighted by atomic mass is 15.1. The summed E-state index contributed by atoms with van der Waals surface area (Å²) in [5.74, 6) is 0.743. The highest BCUT2D eigenvalue weighted by molar-refractivity contribution is 5.92. The van der Waals surface area contributed by atoms with E-state index in [4.69, 9.17) is 0 Å². The zero-order valence-corrected chi connectivity index (χ0v) is 11.6. The molecule has 1 saturated carbocycles. The van der Waals surface area contributed by atoms with Crippen LogP contribution < -0.4 is 5.32 Å². The Hall–Kier alpha value is -2.15. The van der Waals surface area contributed by atoms with E-state index in [0.29, 0.717) is 11.7 Å². The van der Waals surface area contributed by atoms with Gasteiger partial charge in [-0.15, -0.1) is 10.2 Å². The van der Waals surface area contributed by atoms with E-state index in [-0.39, 0.29) is 0 Å². The fourth-order valence-corrected chi connectivity index (χ4v) is 3.05. The number of anilines is 1. The maximum atomic E-state index is 9.27. The summed E-state index contributed by atoms with van der Waals surface area (Å²) < 4.78 is 0. The van der Waals surface area contributed by atoms with Gasteiger partial charge >= 0.3 is 0 Å². The standard InChI is InChI=1S/C16H18N4/c1-11-5-4-6-12(9-11)18-16-13-7-2-3-8-14(13)19-20-15(16)10-17/h2-3,7-8,11-12H,4-6,9H2,1H3,(H,18,19). The Bertz CT molecular complexity index is 659. The second-order valence-corrected chi connectivity index (χ2v) is 5.67. The molecule has 1 fully saturated rings. The summed E-state index contributed by atoms with van der Waals surface area (Å²) in [7, 11) is 0. The highest BCUT2D eigenvalue weighted by Gasteiger charge is 2.21. The van der Waals surface area contributed by atoms with Gasteiger partial charge in [-0.1, -0.05) is 38.0 Å². The lowest BCUT2D eigenvalue weighted by molar-refractivity contribution is 0.359. The maximum absolute atomic E-state index is 9.27. The number of hydrogen-bond acceptors (Lipinski definition) is 4. The normalized spacial score (nSPS) is 22.4. The second kappa shape index (κ2) is 5.46. The SMILES string of the molecule is CC1CCCC(Nc2c(C#N)nnc3ccccc23)C1. The summed E-state index contributed by atoms with van der Waals surface area (Å²) >= 11 is 0. The van der Waals surface area contributed by atoms with E-state index >= 15 is 0 Å². The molecular weight excluding hydrogens is 248 g/mol. The Morgan fingerprint density at radius 1 is 1.25 bits per heavy atom. The van der Waals surface area contributed by atoms with Crippen LogP contribution >= 0.6 is 0 Å². The van der Waals surface area contributed by atoms with Gasteiger partial charge in [-0.05, 0) is 24.8 Å². The number of hydrogen-bond donors (Lipinski definition) is 1. The van der Waals surface area contributed by atoms with Crippen molar-refractivity contribution in [2.45, 2.75) is 38.6 Å². The lowest BCUT2D eigenvalue weighted by Gasteiger charge is -2.28. The van der Waals surface area contributed by atoms with Crippen LogP contribution in [0.5, 0.6) is 0 Å². The van der Waals surface area contributed by atoms with Gasteiger partial charge in [-0.2, -0.15) is 5.26 Å². The molecule has 2 unspecified atom stereocenters. The summed E-state index contributed by atoms with van der Waals surface area (Å²) in [5.41, 5.74) is 2.07. The van der Waals surface area contributed by atoms with Crippen LogP contribution in [0.1, 0.15) is 38.3 Å². The van der Waals surface area contributed by atoms with Gasteiger partial charge < -0.3 is 5.32 Å². The van der Waals surface area contributed by atoms with Crippen molar-refractivity contribution in [2.24, 2.45) is 5.92 Å². The van der Waals surface area contributed by atoms with Crippen molar-refractivity contribution < 1.29 is 0 Å². The van der Waals surface area contributed by atoms with Crippen molar-refractivity contribution in [3.05, 3.63) is 30.0 Å². The van der Waals surface area contributed by atoms with Gasteiger partial charge in [0.2, 0.25) is 0 Å². The third-order valence-corrected chi connectivity index (χ3v) is 4.06. The van der Waals surface area contributed by atoms with Crippen LogP contribution in [0.2, 0.25) is 0 Å². The first-order valence-electron chi connectivity index (χ1n) is 7.20. The van der Waals surface area contributed by atoms with Gasteiger partial charge in [-0.25, -0.2) is 0 Å². The summed E-state index contributed by atoms with van der Waals surface area (Å²) in [6, 6.07) is 10.4. The molecule has 102 valence electrons. The molecule has 0 spiro atoms. The molecule has 1 heterocycles. The number of fused-ring (bicyclic) bond motifs is 1. The number of nitriles is 1. The van der Waals surface area contributed by atoms with Gasteiger partial charge in [0.15, 0.2) is 5.69 Å². The smallest absolute Gasteiger partial charge is 0.186 e. The monoisotopic (exact) mass is 266 g/mol. The second-order valence-electron chi connectivity index (χ2n) is 5.67. The average Bonchev–Trinajstić information content (AvgIpc) is 2.48. The zero-order chi connectivity index (χ0) is 13.9. The molecule has 0 bridgehead atoms. The van der Waals surface area contributed by atoms with Crippen LogP contribution in [0.25, 0.3) is 10.9 Å². The lowest BCUT2D eigenvalue weighted by Crippen LogP contribution is -2.26. The summed E-state index contributed by atoms with van der Waals surface area (Å²) in [6.07, 6.45) is 4.86.